The fourth-order valence-electron chi connectivity index (χ4n) is 3.51. The van der Waals surface area contributed by atoms with Gasteiger partial charge in [-0.3, -0.25) is 4.79 Å². The van der Waals surface area contributed by atoms with Crippen molar-refractivity contribution in [3.63, 3.8) is 0 Å². The second-order valence-corrected chi connectivity index (χ2v) is 7.36. The summed E-state index contributed by atoms with van der Waals surface area (Å²) in [7, 11) is 0. The molecular formula is C17H30N2OS. The van der Waals surface area contributed by atoms with Gasteiger partial charge in [0.05, 0.1) is 4.99 Å². The van der Waals surface area contributed by atoms with E-state index < -0.39 is 0 Å². The Labute approximate surface area is 134 Å². The first kappa shape index (κ1) is 16.7. The summed E-state index contributed by atoms with van der Waals surface area (Å²) in [5, 5.41) is 0. The molecule has 0 aromatic rings. The number of hydrogen-bond donors (Lipinski definition) is 1. The summed E-state index contributed by atoms with van der Waals surface area (Å²) in [5.74, 6) is 1.50. The molecule has 0 aliphatic heterocycles. The van der Waals surface area contributed by atoms with Crippen LogP contribution in [0.4, 0.5) is 0 Å². The summed E-state index contributed by atoms with van der Waals surface area (Å²) >= 11 is 4.96. The van der Waals surface area contributed by atoms with Crippen LogP contribution in [0.15, 0.2) is 0 Å². The van der Waals surface area contributed by atoms with Gasteiger partial charge in [0.1, 0.15) is 0 Å². The van der Waals surface area contributed by atoms with Crippen molar-refractivity contribution in [2.24, 2.45) is 17.6 Å². The number of carbonyl (C=O) groups excluding carboxylic acids is 1. The summed E-state index contributed by atoms with van der Waals surface area (Å²) in [5.41, 5.74) is 5.60. The van der Waals surface area contributed by atoms with Crippen molar-refractivity contribution in [1.82, 2.24) is 4.90 Å². The van der Waals surface area contributed by atoms with Gasteiger partial charge < -0.3 is 10.6 Å². The molecule has 0 heterocycles. The third-order valence-corrected chi connectivity index (χ3v) is 5.24. The summed E-state index contributed by atoms with van der Waals surface area (Å²) in [4.78, 5) is 15.4. The number of nitrogens with two attached hydrogens (primary N) is 1. The molecule has 2 saturated carbocycles. The van der Waals surface area contributed by atoms with Crippen LogP contribution >= 0.6 is 12.2 Å². The lowest BCUT2D eigenvalue weighted by Crippen LogP contribution is -2.40. The molecule has 0 spiro atoms. The molecule has 21 heavy (non-hydrogen) atoms. The highest BCUT2D eigenvalue weighted by Gasteiger charge is 2.36. The van der Waals surface area contributed by atoms with Crippen LogP contribution in [-0.4, -0.2) is 28.4 Å². The van der Waals surface area contributed by atoms with Gasteiger partial charge in [0.15, 0.2) is 0 Å². The standard InChI is InChI=1S/C17H30N2OS/c1-2-3-4-13-5-7-14(8-6-13)17(20)19(15-9-10-15)12-11-16(18)21/h13-15H,2-12H2,1H3,(H2,18,21). The minimum Gasteiger partial charge on any atom is -0.393 e. The first-order chi connectivity index (χ1) is 10.1. The quantitative estimate of drug-likeness (QED) is 0.696. The van der Waals surface area contributed by atoms with Crippen LogP contribution in [0.3, 0.4) is 0 Å². The van der Waals surface area contributed by atoms with Crippen molar-refractivity contribution in [3.8, 4) is 0 Å². The van der Waals surface area contributed by atoms with Crippen LogP contribution in [0, 0.1) is 11.8 Å². The smallest absolute Gasteiger partial charge is 0.225 e. The first-order valence-corrected chi connectivity index (χ1v) is 9.11. The summed E-state index contributed by atoms with van der Waals surface area (Å²) in [6.45, 7) is 2.99. The maximum Gasteiger partial charge on any atom is 0.225 e. The molecule has 0 unspecified atom stereocenters. The molecule has 0 saturated heterocycles. The molecule has 2 N–H and O–H groups in total. The van der Waals surface area contributed by atoms with Gasteiger partial charge in [0.2, 0.25) is 5.91 Å². The molecule has 2 rings (SSSR count). The van der Waals surface area contributed by atoms with Crippen molar-refractivity contribution in [1.29, 1.82) is 0 Å². The van der Waals surface area contributed by atoms with E-state index in [2.05, 4.69) is 11.8 Å². The van der Waals surface area contributed by atoms with Crippen molar-refractivity contribution in [3.05, 3.63) is 0 Å². The van der Waals surface area contributed by atoms with E-state index >= 15 is 0 Å². The van der Waals surface area contributed by atoms with E-state index in [9.17, 15) is 4.79 Å². The number of nitrogens with zero attached hydrogens (tertiary/aromatic N) is 1. The van der Waals surface area contributed by atoms with Gasteiger partial charge in [-0.15, -0.1) is 0 Å². The lowest BCUT2D eigenvalue weighted by molar-refractivity contribution is -0.137. The van der Waals surface area contributed by atoms with E-state index in [1.165, 1.54) is 32.1 Å². The summed E-state index contributed by atoms with van der Waals surface area (Å²) < 4.78 is 0. The van der Waals surface area contributed by atoms with E-state index in [1.807, 2.05) is 0 Å². The number of unbranched alkanes of at least 4 members (excludes halogenated alkanes) is 1. The number of carbonyl (C=O) groups is 1. The van der Waals surface area contributed by atoms with Gasteiger partial charge in [0.25, 0.3) is 0 Å². The molecule has 2 aliphatic rings. The van der Waals surface area contributed by atoms with Gasteiger partial charge in [-0.05, 0) is 44.4 Å². The second kappa shape index (κ2) is 8.11. The van der Waals surface area contributed by atoms with Crippen LogP contribution in [0.25, 0.3) is 0 Å². The molecule has 120 valence electrons. The van der Waals surface area contributed by atoms with E-state index in [-0.39, 0.29) is 5.92 Å². The number of thiocarbonyl (C=S) groups is 1. The lowest BCUT2D eigenvalue weighted by atomic mass is 9.79. The molecule has 2 fully saturated rings. The minimum atomic E-state index is 0.259. The Morgan fingerprint density at radius 3 is 2.38 bits per heavy atom. The van der Waals surface area contributed by atoms with E-state index in [4.69, 9.17) is 18.0 Å². The fraction of sp³-hybridized carbons (Fsp3) is 0.882. The lowest BCUT2D eigenvalue weighted by Gasteiger charge is -2.32. The van der Waals surface area contributed by atoms with Gasteiger partial charge in [-0.2, -0.15) is 0 Å². The Bertz CT molecular complexity index is 360. The van der Waals surface area contributed by atoms with Crippen molar-refractivity contribution in [2.45, 2.75) is 77.2 Å². The van der Waals surface area contributed by atoms with Crippen molar-refractivity contribution in [2.75, 3.05) is 6.54 Å². The molecule has 2 aliphatic carbocycles. The molecule has 0 aromatic heterocycles. The van der Waals surface area contributed by atoms with Crippen molar-refractivity contribution >= 4 is 23.1 Å². The van der Waals surface area contributed by atoms with Gasteiger partial charge in [-0.1, -0.05) is 38.4 Å². The van der Waals surface area contributed by atoms with Crippen LogP contribution in [-0.2, 0) is 4.79 Å². The average molecular weight is 311 g/mol. The molecule has 0 radical (unpaired) electrons. The monoisotopic (exact) mass is 310 g/mol. The zero-order chi connectivity index (χ0) is 15.2. The first-order valence-electron chi connectivity index (χ1n) is 8.70. The highest BCUT2D eigenvalue weighted by Crippen LogP contribution is 2.35. The Hall–Kier alpha value is -0.640. The van der Waals surface area contributed by atoms with Crippen LogP contribution < -0.4 is 5.73 Å². The predicted molar refractivity (Wildman–Crippen MR) is 91.1 cm³/mol. The number of amides is 1. The van der Waals surface area contributed by atoms with Gasteiger partial charge in [-0.25, -0.2) is 0 Å². The Kier molecular flexibility index (Phi) is 6.46. The minimum absolute atomic E-state index is 0.259. The molecule has 4 heteroatoms. The Morgan fingerprint density at radius 2 is 1.86 bits per heavy atom. The third-order valence-electron chi connectivity index (χ3n) is 5.03. The van der Waals surface area contributed by atoms with E-state index in [0.717, 1.165) is 38.1 Å². The largest absolute Gasteiger partial charge is 0.393 e. The third kappa shape index (κ3) is 5.24. The fourth-order valence-corrected chi connectivity index (χ4v) is 3.61. The highest BCUT2D eigenvalue weighted by molar-refractivity contribution is 7.80. The van der Waals surface area contributed by atoms with Crippen molar-refractivity contribution < 1.29 is 4.79 Å². The molecule has 1 amide bonds. The molecule has 0 bridgehead atoms. The molecular weight excluding hydrogens is 280 g/mol. The SMILES string of the molecule is CCCCC1CCC(C(=O)N(CCC(N)=S)C2CC2)CC1. The number of rotatable bonds is 8. The van der Waals surface area contributed by atoms with Gasteiger partial charge >= 0.3 is 0 Å². The number of hydrogen-bond acceptors (Lipinski definition) is 2. The van der Waals surface area contributed by atoms with Crippen LogP contribution in [0.5, 0.6) is 0 Å². The highest BCUT2D eigenvalue weighted by atomic mass is 32.1. The van der Waals surface area contributed by atoms with Crippen LogP contribution in [0.1, 0.15) is 71.1 Å². The maximum atomic E-state index is 12.8. The second-order valence-electron chi connectivity index (χ2n) is 6.84. The average Bonchev–Trinajstić information content (AvgIpc) is 3.30. The van der Waals surface area contributed by atoms with Crippen LogP contribution in [0.2, 0.25) is 0 Å². The topological polar surface area (TPSA) is 46.3 Å². The molecule has 3 nitrogen and oxygen atoms in total. The Morgan fingerprint density at radius 1 is 1.19 bits per heavy atom. The normalized spacial score (nSPS) is 25.6. The predicted octanol–water partition coefficient (Wildman–Crippen LogP) is 3.65. The Balaban J connectivity index is 1.80. The zero-order valence-electron chi connectivity index (χ0n) is 13.4. The molecule has 0 atom stereocenters. The van der Waals surface area contributed by atoms with Gasteiger partial charge in [0, 0.05) is 24.9 Å². The summed E-state index contributed by atoms with van der Waals surface area (Å²) in [6, 6.07) is 0.477. The van der Waals surface area contributed by atoms with E-state index in [0.29, 0.717) is 23.4 Å². The van der Waals surface area contributed by atoms with E-state index in [1.54, 1.807) is 0 Å². The maximum absolute atomic E-state index is 12.8. The molecule has 0 aromatic carbocycles. The summed E-state index contributed by atoms with van der Waals surface area (Å²) in [6.07, 6.45) is 11.6. The zero-order valence-corrected chi connectivity index (χ0v) is 14.2.